The van der Waals surface area contributed by atoms with Crippen LogP contribution in [0.4, 0.5) is 0 Å². The summed E-state index contributed by atoms with van der Waals surface area (Å²) in [6.07, 6.45) is 2.54. The van der Waals surface area contributed by atoms with Crippen molar-refractivity contribution in [2.45, 2.75) is 13.3 Å². The van der Waals surface area contributed by atoms with Gasteiger partial charge >= 0.3 is 0 Å². The number of halogens is 1. The van der Waals surface area contributed by atoms with Crippen LogP contribution in [0.2, 0.25) is 0 Å². The highest BCUT2D eigenvalue weighted by Gasteiger charge is 2.10. The van der Waals surface area contributed by atoms with Crippen LogP contribution in [-0.2, 0) is 6.42 Å². The fourth-order valence-corrected chi connectivity index (χ4v) is 2.10. The van der Waals surface area contributed by atoms with E-state index in [9.17, 15) is 0 Å². The molecule has 1 aromatic carbocycles. The van der Waals surface area contributed by atoms with E-state index in [1.165, 1.54) is 5.56 Å². The minimum absolute atomic E-state index is 0.627. The number of nitrogens with two attached hydrogens (primary N) is 1. The minimum atomic E-state index is 0.627. The summed E-state index contributed by atoms with van der Waals surface area (Å²) in [5.74, 6) is 0. The highest BCUT2D eigenvalue weighted by atomic mass is 79.9. The van der Waals surface area contributed by atoms with Crippen LogP contribution in [0.25, 0.3) is 11.3 Å². The molecule has 84 valence electrons. The van der Waals surface area contributed by atoms with Crippen LogP contribution < -0.4 is 5.73 Å². The van der Waals surface area contributed by atoms with Crippen LogP contribution in [0, 0.1) is 6.92 Å². The number of nitrogens with zero attached hydrogens (tertiary/aromatic N) is 1. The topological polar surface area (TPSA) is 54.7 Å². The SMILES string of the molecule is Cc1ccc(Br)cc1-c1nc[nH]c1CCN. The average Bonchev–Trinajstić information content (AvgIpc) is 2.70. The van der Waals surface area contributed by atoms with Crippen LogP contribution in [0.3, 0.4) is 0 Å². The highest BCUT2D eigenvalue weighted by molar-refractivity contribution is 9.10. The number of aromatic nitrogens is 2. The van der Waals surface area contributed by atoms with Gasteiger partial charge in [-0.2, -0.15) is 0 Å². The summed E-state index contributed by atoms with van der Waals surface area (Å²) in [7, 11) is 0. The lowest BCUT2D eigenvalue weighted by molar-refractivity contribution is 0.936. The van der Waals surface area contributed by atoms with Crippen molar-refractivity contribution in [1.29, 1.82) is 0 Å². The van der Waals surface area contributed by atoms with E-state index in [1.807, 2.05) is 6.07 Å². The Morgan fingerprint density at radius 3 is 3.00 bits per heavy atom. The van der Waals surface area contributed by atoms with Crippen LogP contribution in [0.5, 0.6) is 0 Å². The summed E-state index contributed by atoms with van der Waals surface area (Å²) >= 11 is 3.48. The number of nitrogens with one attached hydrogen (secondary N) is 1. The lowest BCUT2D eigenvalue weighted by Crippen LogP contribution is -2.04. The molecule has 3 nitrogen and oxygen atoms in total. The first-order chi connectivity index (χ1) is 7.72. The molecule has 0 aliphatic rings. The molecule has 0 saturated carbocycles. The highest BCUT2D eigenvalue weighted by Crippen LogP contribution is 2.27. The van der Waals surface area contributed by atoms with Gasteiger partial charge in [0.1, 0.15) is 0 Å². The smallest absolute Gasteiger partial charge is 0.0929 e. The summed E-state index contributed by atoms with van der Waals surface area (Å²) in [4.78, 5) is 7.52. The second-order valence-corrected chi connectivity index (χ2v) is 4.64. The molecule has 3 N–H and O–H groups in total. The molecule has 2 rings (SSSR count). The Balaban J connectivity index is 2.49. The molecule has 0 unspecified atom stereocenters. The Hall–Kier alpha value is -1.13. The van der Waals surface area contributed by atoms with E-state index in [0.717, 1.165) is 27.8 Å². The van der Waals surface area contributed by atoms with Crippen molar-refractivity contribution >= 4 is 15.9 Å². The summed E-state index contributed by atoms with van der Waals surface area (Å²) in [6, 6.07) is 6.21. The van der Waals surface area contributed by atoms with E-state index in [2.05, 4.69) is 45.0 Å². The molecule has 0 radical (unpaired) electrons. The van der Waals surface area contributed by atoms with Gasteiger partial charge in [-0.25, -0.2) is 4.98 Å². The van der Waals surface area contributed by atoms with Gasteiger partial charge in [-0.05, 0) is 31.2 Å². The molecule has 0 saturated heterocycles. The Morgan fingerprint density at radius 1 is 1.44 bits per heavy atom. The van der Waals surface area contributed by atoms with Gasteiger partial charge in [0.2, 0.25) is 0 Å². The number of hydrogen-bond acceptors (Lipinski definition) is 2. The molecule has 2 aromatic rings. The van der Waals surface area contributed by atoms with Crippen molar-refractivity contribution in [2.24, 2.45) is 5.73 Å². The molecular weight excluding hydrogens is 266 g/mol. The van der Waals surface area contributed by atoms with Crippen LogP contribution in [0.1, 0.15) is 11.3 Å². The van der Waals surface area contributed by atoms with E-state index in [-0.39, 0.29) is 0 Å². The van der Waals surface area contributed by atoms with E-state index in [1.54, 1.807) is 6.33 Å². The van der Waals surface area contributed by atoms with Gasteiger partial charge in [0, 0.05) is 22.2 Å². The van der Waals surface area contributed by atoms with Gasteiger partial charge in [-0.15, -0.1) is 0 Å². The zero-order chi connectivity index (χ0) is 11.5. The first-order valence-corrected chi connectivity index (χ1v) is 6.00. The van der Waals surface area contributed by atoms with E-state index in [0.29, 0.717) is 6.54 Å². The number of benzene rings is 1. The van der Waals surface area contributed by atoms with Gasteiger partial charge in [0.15, 0.2) is 0 Å². The molecule has 0 aliphatic carbocycles. The van der Waals surface area contributed by atoms with Gasteiger partial charge in [-0.1, -0.05) is 22.0 Å². The summed E-state index contributed by atoms with van der Waals surface area (Å²) < 4.78 is 1.06. The molecule has 0 fully saturated rings. The molecule has 0 spiro atoms. The monoisotopic (exact) mass is 279 g/mol. The lowest BCUT2D eigenvalue weighted by atomic mass is 10.0. The van der Waals surface area contributed by atoms with Crippen molar-refractivity contribution < 1.29 is 0 Å². The Labute approximate surface area is 103 Å². The van der Waals surface area contributed by atoms with Crippen molar-refractivity contribution in [2.75, 3.05) is 6.54 Å². The van der Waals surface area contributed by atoms with Gasteiger partial charge < -0.3 is 10.7 Å². The lowest BCUT2D eigenvalue weighted by Gasteiger charge is -2.06. The largest absolute Gasteiger partial charge is 0.348 e. The van der Waals surface area contributed by atoms with Crippen LogP contribution in [0.15, 0.2) is 29.0 Å². The number of hydrogen-bond donors (Lipinski definition) is 2. The summed E-state index contributed by atoms with van der Waals surface area (Å²) in [5, 5.41) is 0. The van der Waals surface area contributed by atoms with Crippen molar-refractivity contribution in [1.82, 2.24) is 9.97 Å². The Bertz CT molecular complexity index is 491. The second-order valence-electron chi connectivity index (χ2n) is 3.73. The Kier molecular flexibility index (Phi) is 3.41. The van der Waals surface area contributed by atoms with Gasteiger partial charge in [-0.3, -0.25) is 0 Å². The third-order valence-corrected chi connectivity index (χ3v) is 3.06. The molecule has 1 heterocycles. The number of imidazole rings is 1. The van der Waals surface area contributed by atoms with Crippen molar-refractivity contribution in [3.05, 3.63) is 40.3 Å². The van der Waals surface area contributed by atoms with E-state index >= 15 is 0 Å². The van der Waals surface area contributed by atoms with E-state index in [4.69, 9.17) is 5.73 Å². The average molecular weight is 280 g/mol. The number of aromatic amines is 1. The predicted molar refractivity (Wildman–Crippen MR) is 69.2 cm³/mol. The van der Waals surface area contributed by atoms with Crippen LogP contribution >= 0.6 is 15.9 Å². The molecular formula is C12H14BrN3. The maximum absolute atomic E-state index is 5.58. The zero-order valence-corrected chi connectivity index (χ0v) is 10.7. The molecule has 0 bridgehead atoms. The predicted octanol–water partition coefficient (Wildman–Crippen LogP) is 2.65. The summed E-state index contributed by atoms with van der Waals surface area (Å²) in [5.41, 5.74) is 10.1. The molecule has 0 aliphatic heterocycles. The number of aryl methyl sites for hydroxylation is 1. The van der Waals surface area contributed by atoms with Crippen LogP contribution in [-0.4, -0.2) is 16.5 Å². The Morgan fingerprint density at radius 2 is 2.25 bits per heavy atom. The fourth-order valence-electron chi connectivity index (χ4n) is 1.74. The normalized spacial score (nSPS) is 10.7. The fraction of sp³-hybridized carbons (Fsp3) is 0.250. The van der Waals surface area contributed by atoms with Gasteiger partial charge in [0.05, 0.1) is 12.0 Å². The quantitative estimate of drug-likeness (QED) is 0.908. The molecule has 0 amide bonds. The maximum atomic E-state index is 5.58. The first kappa shape index (κ1) is 11.4. The minimum Gasteiger partial charge on any atom is -0.348 e. The van der Waals surface area contributed by atoms with Crippen molar-refractivity contribution in [3.63, 3.8) is 0 Å². The van der Waals surface area contributed by atoms with E-state index < -0.39 is 0 Å². The zero-order valence-electron chi connectivity index (χ0n) is 9.13. The second kappa shape index (κ2) is 4.80. The third kappa shape index (κ3) is 2.18. The van der Waals surface area contributed by atoms with Gasteiger partial charge in [0.25, 0.3) is 0 Å². The number of rotatable bonds is 3. The number of H-pyrrole nitrogens is 1. The molecule has 0 atom stereocenters. The third-order valence-electron chi connectivity index (χ3n) is 2.57. The molecule has 1 aromatic heterocycles. The first-order valence-electron chi connectivity index (χ1n) is 5.21. The molecule has 16 heavy (non-hydrogen) atoms. The molecule has 4 heteroatoms. The van der Waals surface area contributed by atoms with Crippen molar-refractivity contribution in [3.8, 4) is 11.3 Å². The maximum Gasteiger partial charge on any atom is 0.0929 e. The summed E-state index contributed by atoms with van der Waals surface area (Å²) in [6.45, 7) is 2.71. The standard InChI is InChI=1S/C12H14BrN3/c1-8-2-3-9(13)6-10(8)12-11(4-5-14)15-7-16-12/h2-3,6-7H,4-5,14H2,1H3,(H,15,16).